The summed E-state index contributed by atoms with van der Waals surface area (Å²) >= 11 is 1.41. The van der Waals surface area contributed by atoms with Gasteiger partial charge < -0.3 is 10.5 Å². The number of hydrogen-bond acceptors (Lipinski definition) is 6. The molecule has 1 heterocycles. The number of amides is 1. The predicted molar refractivity (Wildman–Crippen MR) is 93.8 cm³/mol. The quantitative estimate of drug-likeness (QED) is 0.629. The van der Waals surface area contributed by atoms with Crippen LogP contribution in [-0.2, 0) is 11.2 Å². The number of hydrazone groups is 1. The van der Waals surface area contributed by atoms with Crippen LogP contribution < -0.4 is 15.9 Å². The summed E-state index contributed by atoms with van der Waals surface area (Å²) in [7, 11) is 1.63. The summed E-state index contributed by atoms with van der Waals surface area (Å²) in [5.74, 6) is 0.657. The van der Waals surface area contributed by atoms with Gasteiger partial charge in [0, 0.05) is 22.6 Å². The van der Waals surface area contributed by atoms with Crippen LogP contribution in [0, 0.1) is 0 Å². The Bertz CT molecular complexity index is 703. The molecule has 2 rings (SSSR count). The first-order chi connectivity index (χ1) is 11.0. The number of carbonyl (C=O) groups is 1. The van der Waals surface area contributed by atoms with Crippen LogP contribution in [0.25, 0.3) is 11.3 Å². The number of nitrogen functional groups attached to an aromatic ring is 1. The van der Waals surface area contributed by atoms with Crippen LogP contribution >= 0.6 is 11.3 Å². The Hall–Kier alpha value is -2.41. The van der Waals surface area contributed by atoms with E-state index < -0.39 is 0 Å². The Morgan fingerprint density at radius 1 is 1.35 bits per heavy atom. The Labute approximate surface area is 139 Å². The highest BCUT2D eigenvalue weighted by Crippen LogP contribution is 2.31. The van der Waals surface area contributed by atoms with Crippen molar-refractivity contribution < 1.29 is 9.53 Å². The van der Waals surface area contributed by atoms with Crippen molar-refractivity contribution in [3.63, 3.8) is 0 Å². The molecule has 0 aliphatic heterocycles. The summed E-state index contributed by atoms with van der Waals surface area (Å²) in [6.07, 6.45) is 0.905. The lowest BCUT2D eigenvalue weighted by molar-refractivity contribution is -0.121. The van der Waals surface area contributed by atoms with Crippen LogP contribution in [0.2, 0.25) is 0 Å². The van der Waals surface area contributed by atoms with Crippen molar-refractivity contribution in [3.05, 3.63) is 29.1 Å². The van der Waals surface area contributed by atoms with Gasteiger partial charge >= 0.3 is 0 Å². The number of methoxy groups -OCH3 is 1. The van der Waals surface area contributed by atoms with Gasteiger partial charge in [-0.05, 0) is 44.5 Å². The van der Waals surface area contributed by atoms with Crippen LogP contribution in [0.15, 0.2) is 29.4 Å². The summed E-state index contributed by atoms with van der Waals surface area (Å²) < 4.78 is 5.16. The fraction of sp³-hybridized carbons (Fsp3) is 0.312. The molecule has 23 heavy (non-hydrogen) atoms. The topological polar surface area (TPSA) is 89.6 Å². The molecule has 0 radical (unpaired) electrons. The molecule has 3 N–H and O–H groups in total. The molecule has 0 unspecified atom stereocenters. The number of carbonyl (C=O) groups excluding carboxylic acids is 1. The van der Waals surface area contributed by atoms with Gasteiger partial charge in [-0.25, -0.2) is 10.4 Å². The largest absolute Gasteiger partial charge is 0.497 e. The molecule has 122 valence electrons. The number of ether oxygens (including phenoxy) is 1. The monoisotopic (exact) mass is 332 g/mol. The van der Waals surface area contributed by atoms with Crippen molar-refractivity contribution in [2.45, 2.75) is 26.7 Å². The van der Waals surface area contributed by atoms with E-state index in [-0.39, 0.29) is 5.91 Å². The number of nitrogens with one attached hydrogen (secondary N) is 1. The van der Waals surface area contributed by atoms with Gasteiger partial charge in [-0.3, -0.25) is 4.79 Å². The average Bonchev–Trinajstić information content (AvgIpc) is 2.92. The number of aryl methyl sites for hydroxylation is 1. The molecule has 0 aliphatic rings. The van der Waals surface area contributed by atoms with E-state index in [2.05, 4.69) is 15.5 Å². The zero-order valence-electron chi connectivity index (χ0n) is 13.4. The third-order valence-electron chi connectivity index (χ3n) is 3.06. The van der Waals surface area contributed by atoms with Crippen LogP contribution in [0.3, 0.4) is 0 Å². The van der Waals surface area contributed by atoms with Crippen molar-refractivity contribution in [2.24, 2.45) is 5.10 Å². The highest BCUT2D eigenvalue weighted by Gasteiger charge is 2.13. The standard InChI is InChI=1S/C16H20N4O2S/c1-10(2)19-20-14(21)9-8-13-15(18-16(17)23-13)11-4-6-12(22-3)7-5-11/h4-7H,8-9H2,1-3H3,(H2,17,18)(H,20,21). The van der Waals surface area contributed by atoms with Crippen LogP contribution in [0.4, 0.5) is 5.13 Å². The summed E-state index contributed by atoms with van der Waals surface area (Å²) in [5, 5.41) is 4.40. The molecule has 0 atom stereocenters. The molecule has 0 saturated heterocycles. The first kappa shape index (κ1) is 17.0. The molecule has 1 aromatic heterocycles. The Balaban J connectivity index is 2.10. The second-order valence-corrected chi connectivity index (χ2v) is 6.26. The maximum atomic E-state index is 11.8. The van der Waals surface area contributed by atoms with Gasteiger partial charge in [0.15, 0.2) is 5.13 Å². The van der Waals surface area contributed by atoms with E-state index in [1.54, 1.807) is 7.11 Å². The molecule has 1 aromatic carbocycles. The highest BCUT2D eigenvalue weighted by atomic mass is 32.1. The van der Waals surface area contributed by atoms with Crippen molar-refractivity contribution in [1.82, 2.24) is 10.4 Å². The lowest BCUT2D eigenvalue weighted by Gasteiger charge is -2.04. The number of aromatic nitrogens is 1. The van der Waals surface area contributed by atoms with Crippen molar-refractivity contribution in [1.29, 1.82) is 0 Å². The average molecular weight is 332 g/mol. The van der Waals surface area contributed by atoms with Crippen LogP contribution in [0.5, 0.6) is 5.75 Å². The predicted octanol–water partition coefficient (Wildman–Crippen LogP) is 2.85. The minimum atomic E-state index is -0.126. The lowest BCUT2D eigenvalue weighted by Crippen LogP contribution is -2.18. The van der Waals surface area contributed by atoms with Crippen LogP contribution in [-0.4, -0.2) is 23.7 Å². The van der Waals surface area contributed by atoms with E-state index in [0.717, 1.165) is 27.6 Å². The number of benzene rings is 1. The fourth-order valence-corrected chi connectivity index (χ4v) is 2.82. The minimum absolute atomic E-state index is 0.126. The molecule has 0 saturated carbocycles. The second-order valence-electron chi connectivity index (χ2n) is 5.15. The van der Waals surface area contributed by atoms with E-state index >= 15 is 0 Å². The molecule has 6 nitrogen and oxygen atoms in total. The highest BCUT2D eigenvalue weighted by molar-refractivity contribution is 7.15. The van der Waals surface area contributed by atoms with E-state index in [0.29, 0.717) is 18.0 Å². The minimum Gasteiger partial charge on any atom is -0.497 e. The maximum absolute atomic E-state index is 11.8. The summed E-state index contributed by atoms with van der Waals surface area (Å²) in [5.41, 5.74) is 10.9. The molecular weight excluding hydrogens is 312 g/mol. The Morgan fingerprint density at radius 2 is 2.04 bits per heavy atom. The Morgan fingerprint density at radius 3 is 2.65 bits per heavy atom. The SMILES string of the molecule is COc1ccc(-c2nc(N)sc2CCC(=O)NN=C(C)C)cc1. The first-order valence-corrected chi connectivity index (χ1v) is 8.00. The lowest BCUT2D eigenvalue weighted by atomic mass is 10.1. The van der Waals surface area contributed by atoms with Gasteiger partial charge in [-0.1, -0.05) is 0 Å². The number of thiazole rings is 1. The molecule has 0 spiro atoms. The molecule has 7 heteroatoms. The molecule has 0 fully saturated rings. The van der Waals surface area contributed by atoms with Gasteiger partial charge in [0.05, 0.1) is 12.8 Å². The van der Waals surface area contributed by atoms with Crippen LogP contribution in [0.1, 0.15) is 25.1 Å². The third kappa shape index (κ3) is 4.79. The zero-order chi connectivity index (χ0) is 16.8. The van der Waals surface area contributed by atoms with Gasteiger partial charge in [0.1, 0.15) is 5.75 Å². The summed E-state index contributed by atoms with van der Waals surface area (Å²) in [6.45, 7) is 3.65. The van der Waals surface area contributed by atoms with Gasteiger partial charge in [-0.15, -0.1) is 11.3 Å². The number of hydrogen-bond donors (Lipinski definition) is 2. The number of nitrogens with two attached hydrogens (primary N) is 1. The number of rotatable bonds is 6. The number of nitrogens with zero attached hydrogens (tertiary/aromatic N) is 2. The summed E-state index contributed by atoms with van der Waals surface area (Å²) in [6, 6.07) is 7.61. The van der Waals surface area contributed by atoms with Gasteiger partial charge in [0.25, 0.3) is 0 Å². The smallest absolute Gasteiger partial charge is 0.240 e. The van der Waals surface area contributed by atoms with Gasteiger partial charge in [-0.2, -0.15) is 5.10 Å². The number of anilines is 1. The van der Waals surface area contributed by atoms with Gasteiger partial charge in [0.2, 0.25) is 5.91 Å². The molecule has 2 aromatic rings. The van der Waals surface area contributed by atoms with E-state index in [1.807, 2.05) is 38.1 Å². The summed E-state index contributed by atoms with van der Waals surface area (Å²) in [4.78, 5) is 17.1. The normalized spacial score (nSPS) is 10.2. The third-order valence-corrected chi connectivity index (χ3v) is 4.00. The fourth-order valence-electron chi connectivity index (χ4n) is 1.97. The molecule has 0 bridgehead atoms. The second kappa shape index (κ2) is 7.73. The molecular formula is C16H20N4O2S. The molecule has 0 aliphatic carbocycles. The zero-order valence-corrected chi connectivity index (χ0v) is 14.2. The first-order valence-electron chi connectivity index (χ1n) is 7.19. The Kier molecular flexibility index (Phi) is 5.70. The maximum Gasteiger partial charge on any atom is 0.240 e. The van der Waals surface area contributed by atoms with E-state index in [9.17, 15) is 4.79 Å². The van der Waals surface area contributed by atoms with Crippen molar-refractivity contribution in [3.8, 4) is 17.0 Å². The van der Waals surface area contributed by atoms with Crippen molar-refractivity contribution >= 4 is 28.1 Å². The van der Waals surface area contributed by atoms with Crippen molar-refractivity contribution in [2.75, 3.05) is 12.8 Å². The molecule has 1 amide bonds. The van der Waals surface area contributed by atoms with E-state index in [4.69, 9.17) is 10.5 Å². The van der Waals surface area contributed by atoms with E-state index in [1.165, 1.54) is 11.3 Å².